The Bertz CT molecular complexity index is 527. The summed E-state index contributed by atoms with van der Waals surface area (Å²) in [5.41, 5.74) is 1.75. The SMILES string of the molecule is COC(O)c1[nH]c(SC)nc1-c1ccc(F)cc1. The van der Waals surface area contributed by atoms with Crippen molar-refractivity contribution in [2.24, 2.45) is 0 Å². The summed E-state index contributed by atoms with van der Waals surface area (Å²) in [4.78, 5) is 7.32. The van der Waals surface area contributed by atoms with Gasteiger partial charge in [-0.3, -0.25) is 0 Å². The van der Waals surface area contributed by atoms with Crippen LogP contribution in [0.15, 0.2) is 29.4 Å². The van der Waals surface area contributed by atoms with Gasteiger partial charge in [0.05, 0.1) is 5.69 Å². The molecule has 1 aromatic carbocycles. The molecule has 2 N–H and O–H groups in total. The van der Waals surface area contributed by atoms with Crippen LogP contribution in [0, 0.1) is 5.82 Å². The zero-order valence-electron chi connectivity index (χ0n) is 9.98. The van der Waals surface area contributed by atoms with Crippen LogP contribution in [0.3, 0.4) is 0 Å². The van der Waals surface area contributed by atoms with Crippen molar-refractivity contribution < 1.29 is 14.2 Å². The normalized spacial score (nSPS) is 12.7. The first-order valence-electron chi connectivity index (χ1n) is 5.26. The second kappa shape index (κ2) is 5.51. The van der Waals surface area contributed by atoms with E-state index in [4.69, 9.17) is 4.74 Å². The lowest BCUT2D eigenvalue weighted by molar-refractivity contribution is -0.0793. The summed E-state index contributed by atoms with van der Waals surface area (Å²) in [7, 11) is 1.40. The van der Waals surface area contributed by atoms with E-state index in [0.29, 0.717) is 16.5 Å². The van der Waals surface area contributed by atoms with Crippen molar-refractivity contribution in [3.8, 4) is 11.3 Å². The third kappa shape index (κ3) is 2.55. The Morgan fingerprint density at radius 2 is 2.06 bits per heavy atom. The first-order valence-corrected chi connectivity index (χ1v) is 6.49. The number of hydrogen-bond donors (Lipinski definition) is 2. The predicted octanol–water partition coefficient (Wildman–Crippen LogP) is 2.58. The number of thioether (sulfide) groups is 1. The molecule has 0 aliphatic rings. The van der Waals surface area contributed by atoms with Crippen LogP contribution in [-0.2, 0) is 4.74 Å². The number of halogens is 1. The maximum absolute atomic E-state index is 12.9. The smallest absolute Gasteiger partial charge is 0.198 e. The lowest BCUT2D eigenvalue weighted by Crippen LogP contribution is -2.01. The summed E-state index contributed by atoms with van der Waals surface area (Å²) < 4.78 is 17.8. The number of aliphatic hydroxyl groups excluding tert-OH is 1. The molecule has 0 saturated heterocycles. The molecule has 2 rings (SSSR count). The third-order valence-corrected chi connectivity index (χ3v) is 3.07. The molecule has 0 aliphatic carbocycles. The number of aromatic amines is 1. The molecular weight excluding hydrogens is 255 g/mol. The van der Waals surface area contributed by atoms with Gasteiger partial charge in [-0.05, 0) is 30.5 Å². The summed E-state index contributed by atoms with van der Waals surface area (Å²) in [5, 5.41) is 10.4. The maximum atomic E-state index is 12.9. The summed E-state index contributed by atoms with van der Waals surface area (Å²) in [6.07, 6.45) is 0.787. The van der Waals surface area contributed by atoms with Gasteiger partial charge in [-0.15, -0.1) is 0 Å². The van der Waals surface area contributed by atoms with Gasteiger partial charge in [0.15, 0.2) is 11.4 Å². The largest absolute Gasteiger partial charge is 0.363 e. The Morgan fingerprint density at radius 1 is 1.39 bits per heavy atom. The highest BCUT2D eigenvalue weighted by atomic mass is 32.2. The molecule has 1 heterocycles. The Balaban J connectivity index is 2.48. The molecule has 0 amide bonds. The average molecular weight is 268 g/mol. The van der Waals surface area contributed by atoms with Crippen LogP contribution in [0.4, 0.5) is 4.39 Å². The molecule has 6 heteroatoms. The van der Waals surface area contributed by atoms with Crippen molar-refractivity contribution in [3.63, 3.8) is 0 Å². The summed E-state index contributed by atoms with van der Waals surface area (Å²) in [6, 6.07) is 5.93. The molecule has 0 saturated carbocycles. The van der Waals surface area contributed by atoms with E-state index >= 15 is 0 Å². The van der Waals surface area contributed by atoms with E-state index in [9.17, 15) is 9.50 Å². The Labute approximate surface area is 108 Å². The third-order valence-electron chi connectivity index (χ3n) is 2.49. The average Bonchev–Trinajstić information content (AvgIpc) is 2.83. The fraction of sp³-hybridized carbons (Fsp3) is 0.250. The molecule has 0 radical (unpaired) electrons. The molecule has 1 aromatic heterocycles. The van der Waals surface area contributed by atoms with Crippen LogP contribution in [0.2, 0.25) is 0 Å². The van der Waals surface area contributed by atoms with Gasteiger partial charge in [-0.1, -0.05) is 11.8 Å². The first kappa shape index (κ1) is 13.1. The van der Waals surface area contributed by atoms with Crippen LogP contribution < -0.4 is 0 Å². The van der Waals surface area contributed by atoms with Gasteiger partial charge in [0.25, 0.3) is 0 Å². The molecule has 1 atom stereocenters. The van der Waals surface area contributed by atoms with Crippen LogP contribution in [0.5, 0.6) is 0 Å². The quantitative estimate of drug-likeness (QED) is 0.661. The number of H-pyrrole nitrogens is 1. The molecule has 0 bridgehead atoms. The number of nitrogens with one attached hydrogen (secondary N) is 1. The molecule has 1 unspecified atom stereocenters. The molecule has 0 spiro atoms. The topological polar surface area (TPSA) is 58.1 Å². The minimum absolute atomic E-state index is 0.312. The van der Waals surface area contributed by atoms with E-state index < -0.39 is 6.29 Å². The molecular formula is C12H13FN2O2S. The van der Waals surface area contributed by atoms with E-state index in [0.717, 1.165) is 5.56 Å². The minimum atomic E-state index is -1.08. The van der Waals surface area contributed by atoms with Gasteiger partial charge in [0.2, 0.25) is 0 Å². The number of hydrogen-bond acceptors (Lipinski definition) is 4. The number of ether oxygens (including phenoxy) is 1. The monoisotopic (exact) mass is 268 g/mol. The van der Waals surface area contributed by atoms with Gasteiger partial charge >= 0.3 is 0 Å². The number of nitrogens with zero attached hydrogens (tertiary/aromatic N) is 1. The molecule has 96 valence electrons. The summed E-state index contributed by atoms with van der Waals surface area (Å²) >= 11 is 1.42. The maximum Gasteiger partial charge on any atom is 0.198 e. The minimum Gasteiger partial charge on any atom is -0.363 e. The van der Waals surface area contributed by atoms with Gasteiger partial charge in [-0.25, -0.2) is 9.37 Å². The zero-order chi connectivity index (χ0) is 13.1. The van der Waals surface area contributed by atoms with E-state index in [1.165, 1.54) is 31.0 Å². The van der Waals surface area contributed by atoms with Gasteiger partial charge in [0, 0.05) is 12.7 Å². The van der Waals surface area contributed by atoms with Gasteiger partial charge in [-0.2, -0.15) is 0 Å². The Morgan fingerprint density at radius 3 is 2.61 bits per heavy atom. The Kier molecular flexibility index (Phi) is 4.00. The standard InChI is InChI=1S/C12H13FN2O2S/c1-17-11(16)10-9(14-12(15-10)18-2)7-3-5-8(13)6-4-7/h3-6,11,16H,1-2H3,(H,14,15). The summed E-state index contributed by atoms with van der Waals surface area (Å²) in [6.45, 7) is 0. The number of aliphatic hydroxyl groups is 1. The highest BCUT2D eigenvalue weighted by Gasteiger charge is 2.18. The highest BCUT2D eigenvalue weighted by molar-refractivity contribution is 7.98. The molecule has 0 fully saturated rings. The first-order chi connectivity index (χ1) is 8.65. The van der Waals surface area contributed by atoms with Crippen molar-refractivity contribution in [1.29, 1.82) is 0 Å². The van der Waals surface area contributed by atoms with E-state index in [-0.39, 0.29) is 5.82 Å². The number of methoxy groups -OCH3 is 1. The highest BCUT2D eigenvalue weighted by Crippen LogP contribution is 2.29. The van der Waals surface area contributed by atoms with Crippen LogP contribution in [0.25, 0.3) is 11.3 Å². The molecule has 18 heavy (non-hydrogen) atoms. The van der Waals surface area contributed by atoms with Crippen molar-refractivity contribution in [1.82, 2.24) is 9.97 Å². The second-order valence-electron chi connectivity index (χ2n) is 3.60. The molecule has 0 aliphatic heterocycles. The molecule has 4 nitrogen and oxygen atoms in total. The van der Waals surface area contributed by atoms with E-state index in [2.05, 4.69) is 9.97 Å². The fourth-order valence-electron chi connectivity index (χ4n) is 1.59. The predicted molar refractivity (Wildman–Crippen MR) is 67.7 cm³/mol. The summed E-state index contributed by atoms with van der Waals surface area (Å²) in [5.74, 6) is -0.312. The number of rotatable bonds is 4. The van der Waals surface area contributed by atoms with Crippen molar-refractivity contribution in [2.75, 3.05) is 13.4 Å². The van der Waals surface area contributed by atoms with Crippen molar-refractivity contribution in [2.45, 2.75) is 11.4 Å². The van der Waals surface area contributed by atoms with E-state index in [1.54, 1.807) is 12.1 Å². The second-order valence-corrected chi connectivity index (χ2v) is 4.40. The van der Waals surface area contributed by atoms with Crippen molar-refractivity contribution >= 4 is 11.8 Å². The Hall–Kier alpha value is -1.37. The van der Waals surface area contributed by atoms with Gasteiger partial charge < -0.3 is 14.8 Å². The number of aromatic nitrogens is 2. The van der Waals surface area contributed by atoms with Crippen LogP contribution in [0.1, 0.15) is 12.0 Å². The van der Waals surface area contributed by atoms with Crippen LogP contribution in [-0.4, -0.2) is 28.4 Å². The van der Waals surface area contributed by atoms with Crippen LogP contribution >= 0.6 is 11.8 Å². The number of benzene rings is 1. The van der Waals surface area contributed by atoms with Gasteiger partial charge in [0.1, 0.15) is 11.5 Å². The van der Waals surface area contributed by atoms with Crippen molar-refractivity contribution in [3.05, 3.63) is 35.8 Å². The lowest BCUT2D eigenvalue weighted by Gasteiger charge is -2.08. The fourth-order valence-corrected chi connectivity index (χ4v) is 1.98. The number of imidazole rings is 1. The van der Waals surface area contributed by atoms with E-state index in [1.807, 2.05) is 6.26 Å². The lowest BCUT2D eigenvalue weighted by atomic mass is 10.1. The zero-order valence-corrected chi connectivity index (χ0v) is 10.8. The molecule has 2 aromatic rings.